The molecule has 0 aliphatic rings. The molecule has 78 valence electrons. The summed E-state index contributed by atoms with van der Waals surface area (Å²) in [6.07, 6.45) is 1.81. The van der Waals surface area contributed by atoms with Gasteiger partial charge in [-0.25, -0.2) is 4.98 Å². The molecule has 0 fully saturated rings. The van der Waals surface area contributed by atoms with Crippen molar-refractivity contribution in [2.45, 2.75) is 32.9 Å². The van der Waals surface area contributed by atoms with Crippen LogP contribution in [0.15, 0.2) is 18.3 Å². The molecule has 0 saturated heterocycles. The van der Waals surface area contributed by atoms with Crippen molar-refractivity contribution in [2.75, 3.05) is 11.9 Å². The van der Waals surface area contributed by atoms with Crippen LogP contribution in [0.25, 0.3) is 0 Å². The third kappa shape index (κ3) is 2.23. The van der Waals surface area contributed by atoms with Crippen molar-refractivity contribution < 1.29 is 0 Å². The zero-order valence-electron chi connectivity index (χ0n) is 9.36. The second-order valence-corrected chi connectivity index (χ2v) is 3.91. The second kappa shape index (κ2) is 4.42. The zero-order valence-corrected chi connectivity index (χ0v) is 9.36. The van der Waals surface area contributed by atoms with Gasteiger partial charge in [-0.2, -0.15) is 0 Å². The number of nitrogens with two attached hydrogens (primary N) is 1. The smallest absolute Gasteiger partial charge is 0.133 e. The van der Waals surface area contributed by atoms with Crippen LogP contribution in [0.2, 0.25) is 0 Å². The van der Waals surface area contributed by atoms with Crippen molar-refractivity contribution in [3.63, 3.8) is 0 Å². The van der Waals surface area contributed by atoms with E-state index in [0.29, 0.717) is 6.04 Å². The molecule has 1 aromatic rings. The molecule has 0 aliphatic heterocycles. The predicted molar refractivity (Wildman–Crippen MR) is 60.4 cm³/mol. The van der Waals surface area contributed by atoms with Crippen molar-refractivity contribution in [3.05, 3.63) is 23.9 Å². The van der Waals surface area contributed by atoms with Gasteiger partial charge in [0, 0.05) is 30.9 Å². The van der Waals surface area contributed by atoms with Crippen molar-refractivity contribution in [2.24, 2.45) is 5.73 Å². The molecule has 3 nitrogen and oxygen atoms in total. The third-order valence-electron chi connectivity index (χ3n) is 2.42. The fraction of sp³-hybridized carbons (Fsp3) is 0.545. The number of aromatic nitrogens is 1. The summed E-state index contributed by atoms with van der Waals surface area (Å²) >= 11 is 0. The molecular formula is C11H19N3. The van der Waals surface area contributed by atoms with E-state index in [-0.39, 0.29) is 6.04 Å². The van der Waals surface area contributed by atoms with Crippen molar-refractivity contribution in [3.8, 4) is 0 Å². The molecule has 0 aliphatic carbocycles. The standard InChI is InChI=1S/C11H19N3/c1-8(2)14(4)11-10(9(3)12)6-5-7-13-11/h5-9H,12H2,1-4H3. The Morgan fingerprint density at radius 1 is 1.36 bits per heavy atom. The van der Waals surface area contributed by atoms with Crippen LogP contribution in [-0.2, 0) is 0 Å². The Balaban J connectivity index is 3.06. The topological polar surface area (TPSA) is 42.1 Å². The molecule has 0 bridgehead atoms. The van der Waals surface area contributed by atoms with Crippen molar-refractivity contribution >= 4 is 5.82 Å². The highest BCUT2D eigenvalue weighted by molar-refractivity contribution is 5.48. The number of hydrogen-bond donors (Lipinski definition) is 1. The lowest BCUT2D eigenvalue weighted by atomic mass is 10.1. The van der Waals surface area contributed by atoms with Gasteiger partial charge in [-0.05, 0) is 26.8 Å². The average Bonchev–Trinajstić information content (AvgIpc) is 2.16. The van der Waals surface area contributed by atoms with E-state index in [1.807, 2.05) is 26.1 Å². The van der Waals surface area contributed by atoms with E-state index in [9.17, 15) is 0 Å². The first-order valence-corrected chi connectivity index (χ1v) is 4.97. The van der Waals surface area contributed by atoms with Crippen LogP contribution >= 0.6 is 0 Å². The largest absolute Gasteiger partial charge is 0.357 e. The zero-order chi connectivity index (χ0) is 10.7. The van der Waals surface area contributed by atoms with Crippen LogP contribution in [-0.4, -0.2) is 18.1 Å². The Labute approximate surface area is 85.9 Å². The molecule has 14 heavy (non-hydrogen) atoms. The lowest BCUT2D eigenvalue weighted by Crippen LogP contribution is -2.28. The molecule has 2 N–H and O–H groups in total. The summed E-state index contributed by atoms with van der Waals surface area (Å²) in [5.74, 6) is 0.984. The van der Waals surface area contributed by atoms with Gasteiger partial charge in [0.1, 0.15) is 5.82 Å². The van der Waals surface area contributed by atoms with E-state index in [1.54, 1.807) is 6.20 Å². The van der Waals surface area contributed by atoms with Crippen molar-refractivity contribution in [1.82, 2.24) is 4.98 Å². The van der Waals surface area contributed by atoms with E-state index >= 15 is 0 Å². The number of nitrogens with zero attached hydrogens (tertiary/aromatic N) is 2. The van der Waals surface area contributed by atoms with E-state index in [4.69, 9.17) is 5.73 Å². The Kier molecular flexibility index (Phi) is 3.47. The number of hydrogen-bond acceptors (Lipinski definition) is 3. The van der Waals surface area contributed by atoms with Gasteiger partial charge < -0.3 is 10.6 Å². The molecule has 1 unspecified atom stereocenters. The van der Waals surface area contributed by atoms with Crippen LogP contribution < -0.4 is 10.6 Å². The quantitative estimate of drug-likeness (QED) is 0.797. The third-order valence-corrected chi connectivity index (χ3v) is 2.42. The molecule has 3 heteroatoms. The molecule has 1 heterocycles. The number of rotatable bonds is 3. The molecular weight excluding hydrogens is 174 g/mol. The minimum atomic E-state index is 0.0277. The minimum Gasteiger partial charge on any atom is -0.357 e. The van der Waals surface area contributed by atoms with E-state index < -0.39 is 0 Å². The van der Waals surface area contributed by atoms with Gasteiger partial charge in [0.25, 0.3) is 0 Å². The number of anilines is 1. The SMILES string of the molecule is CC(N)c1cccnc1N(C)C(C)C. The highest BCUT2D eigenvalue weighted by Gasteiger charge is 2.13. The predicted octanol–water partition coefficient (Wildman–Crippen LogP) is 1.95. The fourth-order valence-electron chi connectivity index (χ4n) is 1.30. The Morgan fingerprint density at radius 3 is 2.50 bits per heavy atom. The lowest BCUT2D eigenvalue weighted by molar-refractivity contribution is 0.721. The maximum atomic E-state index is 5.89. The van der Waals surface area contributed by atoms with Crippen molar-refractivity contribution in [1.29, 1.82) is 0 Å². The molecule has 1 atom stereocenters. The van der Waals surface area contributed by atoms with Gasteiger partial charge >= 0.3 is 0 Å². The van der Waals surface area contributed by atoms with Gasteiger partial charge in [0.05, 0.1) is 0 Å². The van der Waals surface area contributed by atoms with Gasteiger partial charge in [0.15, 0.2) is 0 Å². The summed E-state index contributed by atoms with van der Waals surface area (Å²) in [4.78, 5) is 6.50. The molecule has 0 spiro atoms. The van der Waals surface area contributed by atoms with Crippen LogP contribution in [0.4, 0.5) is 5.82 Å². The highest BCUT2D eigenvalue weighted by atomic mass is 15.2. The summed E-state index contributed by atoms with van der Waals surface area (Å²) in [5.41, 5.74) is 6.99. The molecule has 0 amide bonds. The van der Waals surface area contributed by atoms with Crippen LogP contribution in [0.5, 0.6) is 0 Å². The Bertz CT molecular complexity index is 294. The van der Waals surface area contributed by atoms with E-state index in [2.05, 4.69) is 23.7 Å². The minimum absolute atomic E-state index is 0.0277. The molecule has 0 aromatic carbocycles. The van der Waals surface area contributed by atoms with Gasteiger partial charge in [-0.1, -0.05) is 6.07 Å². The summed E-state index contributed by atoms with van der Waals surface area (Å²) in [5, 5.41) is 0. The molecule has 1 rings (SSSR count). The van der Waals surface area contributed by atoms with Crippen LogP contribution in [0.3, 0.4) is 0 Å². The first-order valence-electron chi connectivity index (χ1n) is 4.97. The van der Waals surface area contributed by atoms with Gasteiger partial charge in [-0.15, -0.1) is 0 Å². The highest BCUT2D eigenvalue weighted by Crippen LogP contribution is 2.22. The monoisotopic (exact) mass is 193 g/mol. The lowest BCUT2D eigenvalue weighted by Gasteiger charge is -2.25. The van der Waals surface area contributed by atoms with E-state index in [0.717, 1.165) is 11.4 Å². The maximum absolute atomic E-state index is 5.89. The van der Waals surface area contributed by atoms with Gasteiger partial charge in [-0.3, -0.25) is 0 Å². The second-order valence-electron chi connectivity index (χ2n) is 3.91. The van der Waals surface area contributed by atoms with E-state index in [1.165, 1.54) is 0 Å². The molecule has 0 saturated carbocycles. The maximum Gasteiger partial charge on any atom is 0.133 e. The summed E-state index contributed by atoms with van der Waals surface area (Å²) in [6.45, 7) is 6.26. The average molecular weight is 193 g/mol. The molecule has 0 radical (unpaired) electrons. The molecule has 1 aromatic heterocycles. The summed E-state index contributed by atoms with van der Waals surface area (Å²) in [6, 6.07) is 4.42. The normalized spacial score (nSPS) is 13.0. The first-order chi connectivity index (χ1) is 6.54. The van der Waals surface area contributed by atoms with Crippen LogP contribution in [0, 0.1) is 0 Å². The fourth-order valence-corrected chi connectivity index (χ4v) is 1.30. The summed E-state index contributed by atoms with van der Waals surface area (Å²) < 4.78 is 0. The summed E-state index contributed by atoms with van der Waals surface area (Å²) in [7, 11) is 2.04. The number of pyridine rings is 1. The first kappa shape index (κ1) is 11.0. The Hall–Kier alpha value is -1.09. The van der Waals surface area contributed by atoms with Crippen LogP contribution in [0.1, 0.15) is 32.4 Å². The van der Waals surface area contributed by atoms with Gasteiger partial charge in [0.2, 0.25) is 0 Å². The Morgan fingerprint density at radius 2 is 2.00 bits per heavy atom.